The quantitative estimate of drug-likeness (QED) is 0.601. The summed E-state index contributed by atoms with van der Waals surface area (Å²) in [4.78, 5) is 37.3. The van der Waals surface area contributed by atoms with Crippen molar-refractivity contribution < 1.29 is 19.1 Å². The highest BCUT2D eigenvalue weighted by atomic mass is 16.5. The number of benzene rings is 1. The predicted octanol–water partition coefficient (Wildman–Crippen LogP) is 3.56. The van der Waals surface area contributed by atoms with E-state index in [9.17, 15) is 14.4 Å². The molecule has 1 aromatic carbocycles. The van der Waals surface area contributed by atoms with Crippen molar-refractivity contribution in [2.75, 3.05) is 0 Å². The number of amides is 2. The molecule has 1 aromatic rings. The SMILES string of the molecule is CC1C(OC(=O)c2ccc(CN3C(=O)CCC3=O)cc2)CC2CC1C2(C)C. The Hall–Kier alpha value is -2.17. The smallest absolute Gasteiger partial charge is 0.338 e. The number of carbonyl (C=O) groups is 3. The van der Waals surface area contributed by atoms with E-state index in [0.29, 0.717) is 41.6 Å². The lowest BCUT2D eigenvalue weighted by Crippen LogP contribution is -2.57. The number of hydrogen-bond donors (Lipinski definition) is 0. The minimum Gasteiger partial charge on any atom is -0.458 e. The average molecular weight is 369 g/mol. The fraction of sp³-hybridized carbons (Fsp3) is 0.591. The predicted molar refractivity (Wildman–Crippen MR) is 99.6 cm³/mol. The van der Waals surface area contributed by atoms with E-state index in [4.69, 9.17) is 4.74 Å². The second-order valence-corrected chi connectivity index (χ2v) is 8.97. The molecule has 4 aliphatic rings. The largest absolute Gasteiger partial charge is 0.458 e. The zero-order valence-electron chi connectivity index (χ0n) is 16.2. The Bertz CT molecular complexity index is 766. The summed E-state index contributed by atoms with van der Waals surface area (Å²) in [5, 5.41) is 0. The van der Waals surface area contributed by atoms with Crippen LogP contribution in [0.25, 0.3) is 0 Å². The molecule has 144 valence electrons. The minimum atomic E-state index is -0.286. The maximum absolute atomic E-state index is 12.6. The van der Waals surface area contributed by atoms with E-state index in [-0.39, 0.29) is 30.4 Å². The monoisotopic (exact) mass is 369 g/mol. The molecule has 4 unspecified atom stereocenters. The fourth-order valence-electron chi connectivity index (χ4n) is 5.19. The van der Waals surface area contributed by atoms with Crippen molar-refractivity contribution in [3.8, 4) is 0 Å². The zero-order chi connectivity index (χ0) is 19.3. The van der Waals surface area contributed by atoms with Crippen LogP contribution in [-0.4, -0.2) is 28.8 Å². The summed E-state index contributed by atoms with van der Waals surface area (Å²) in [5.41, 5.74) is 1.72. The number of carbonyl (C=O) groups excluding carboxylic acids is 3. The third-order valence-corrected chi connectivity index (χ3v) is 7.23. The van der Waals surface area contributed by atoms with Crippen LogP contribution in [0.2, 0.25) is 0 Å². The molecule has 2 bridgehead atoms. The molecule has 3 aliphatic carbocycles. The number of nitrogens with zero attached hydrogens (tertiary/aromatic N) is 1. The average Bonchev–Trinajstić information content (AvgIpc) is 2.95. The molecule has 1 aliphatic heterocycles. The number of likely N-dealkylation sites (tertiary alicyclic amines) is 1. The molecule has 5 heteroatoms. The Morgan fingerprint density at radius 1 is 1.11 bits per heavy atom. The van der Waals surface area contributed by atoms with Crippen LogP contribution in [0.3, 0.4) is 0 Å². The highest BCUT2D eigenvalue weighted by Gasteiger charge is 2.57. The van der Waals surface area contributed by atoms with Gasteiger partial charge in [0.2, 0.25) is 11.8 Å². The number of fused-ring (bicyclic) bond motifs is 2. The van der Waals surface area contributed by atoms with Gasteiger partial charge in [0.25, 0.3) is 0 Å². The first-order valence-electron chi connectivity index (χ1n) is 9.90. The highest BCUT2D eigenvalue weighted by molar-refractivity contribution is 6.01. The molecule has 0 N–H and O–H groups in total. The normalized spacial score (nSPS) is 31.6. The van der Waals surface area contributed by atoms with Crippen molar-refractivity contribution in [1.82, 2.24) is 4.90 Å². The van der Waals surface area contributed by atoms with Gasteiger partial charge in [-0.2, -0.15) is 0 Å². The van der Waals surface area contributed by atoms with Crippen molar-refractivity contribution >= 4 is 17.8 Å². The second-order valence-electron chi connectivity index (χ2n) is 8.97. The van der Waals surface area contributed by atoms with E-state index in [1.807, 2.05) is 0 Å². The van der Waals surface area contributed by atoms with Gasteiger partial charge in [-0.1, -0.05) is 32.9 Å². The Balaban J connectivity index is 1.37. The molecule has 5 nitrogen and oxygen atoms in total. The van der Waals surface area contributed by atoms with Gasteiger partial charge in [0.1, 0.15) is 6.10 Å². The van der Waals surface area contributed by atoms with Gasteiger partial charge in [0, 0.05) is 12.8 Å². The first-order valence-corrected chi connectivity index (χ1v) is 9.90. The molecule has 5 rings (SSSR count). The van der Waals surface area contributed by atoms with Crippen LogP contribution in [0.4, 0.5) is 0 Å². The van der Waals surface area contributed by atoms with Crippen LogP contribution < -0.4 is 0 Å². The van der Waals surface area contributed by atoms with E-state index < -0.39 is 0 Å². The molecule has 0 aromatic heterocycles. The molecule has 2 amide bonds. The third-order valence-electron chi connectivity index (χ3n) is 7.23. The van der Waals surface area contributed by atoms with E-state index in [1.54, 1.807) is 24.3 Å². The van der Waals surface area contributed by atoms with Crippen molar-refractivity contribution in [3.63, 3.8) is 0 Å². The van der Waals surface area contributed by atoms with Gasteiger partial charge in [0.05, 0.1) is 12.1 Å². The van der Waals surface area contributed by atoms with Gasteiger partial charge in [-0.25, -0.2) is 4.79 Å². The molecule has 0 radical (unpaired) electrons. The summed E-state index contributed by atoms with van der Waals surface area (Å²) in [6.07, 6.45) is 2.79. The van der Waals surface area contributed by atoms with Crippen LogP contribution in [0, 0.1) is 23.2 Å². The molecule has 1 heterocycles. The number of hydrogen-bond acceptors (Lipinski definition) is 4. The number of rotatable bonds is 4. The van der Waals surface area contributed by atoms with Crippen molar-refractivity contribution in [1.29, 1.82) is 0 Å². The minimum absolute atomic E-state index is 0.00575. The number of imide groups is 1. The number of ether oxygens (including phenoxy) is 1. The van der Waals surface area contributed by atoms with Gasteiger partial charge >= 0.3 is 5.97 Å². The van der Waals surface area contributed by atoms with Crippen LogP contribution in [0.1, 0.15) is 62.4 Å². The van der Waals surface area contributed by atoms with Crippen molar-refractivity contribution in [2.45, 2.75) is 59.1 Å². The molecule has 1 saturated heterocycles. The van der Waals surface area contributed by atoms with Gasteiger partial charge in [-0.05, 0) is 53.7 Å². The number of esters is 1. The highest BCUT2D eigenvalue weighted by Crippen LogP contribution is 2.61. The van der Waals surface area contributed by atoms with Crippen LogP contribution >= 0.6 is 0 Å². The molecule has 4 atom stereocenters. The maximum atomic E-state index is 12.6. The van der Waals surface area contributed by atoms with Crippen molar-refractivity contribution in [3.05, 3.63) is 35.4 Å². The van der Waals surface area contributed by atoms with Crippen LogP contribution in [-0.2, 0) is 20.9 Å². The molecule has 4 fully saturated rings. The first kappa shape index (κ1) is 18.2. The van der Waals surface area contributed by atoms with E-state index in [1.165, 1.54) is 11.3 Å². The summed E-state index contributed by atoms with van der Waals surface area (Å²) in [6.45, 7) is 7.13. The van der Waals surface area contributed by atoms with Crippen LogP contribution in [0.5, 0.6) is 0 Å². The molecular weight excluding hydrogens is 342 g/mol. The molecule has 27 heavy (non-hydrogen) atoms. The maximum Gasteiger partial charge on any atom is 0.338 e. The summed E-state index contributed by atoms with van der Waals surface area (Å²) in [7, 11) is 0. The van der Waals surface area contributed by atoms with Gasteiger partial charge in [0.15, 0.2) is 0 Å². The summed E-state index contributed by atoms with van der Waals surface area (Å²) < 4.78 is 5.83. The van der Waals surface area contributed by atoms with Crippen molar-refractivity contribution in [2.24, 2.45) is 23.2 Å². The van der Waals surface area contributed by atoms with E-state index in [2.05, 4.69) is 20.8 Å². The fourth-order valence-corrected chi connectivity index (χ4v) is 5.19. The topological polar surface area (TPSA) is 63.7 Å². The Morgan fingerprint density at radius 3 is 2.30 bits per heavy atom. The van der Waals surface area contributed by atoms with Gasteiger partial charge in [-0.15, -0.1) is 0 Å². The Labute approximate surface area is 160 Å². The molecule has 0 spiro atoms. The third kappa shape index (κ3) is 3.07. The summed E-state index contributed by atoms with van der Waals surface area (Å²) in [6, 6.07) is 7.03. The van der Waals surface area contributed by atoms with Gasteiger partial charge in [-0.3, -0.25) is 14.5 Å². The Kier molecular flexibility index (Phi) is 4.36. The summed E-state index contributed by atoms with van der Waals surface area (Å²) >= 11 is 0. The molecular formula is C22H27NO4. The van der Waals surface area contributed by atoms with Gasteiger partial charge < -0.3 is 4.74 Å². The second kappa shape index (κ2) is 6.47. The van der Waals surface area contributed by atoms with E-state index >= 15 is 0 Å². The lowest BCUT2D eigenvalue weighted by atomic mass is 9.45. The standard InChI is InChI=1S/C22H27NO4/c1-13-17-10-16(22(17,2)3)11-18(13)27-21(26)15-6-4-14(5-7-15)12-23-19(24)8-9-20(23)25/h4-7,13,16-18H,8-12H2,1-3H3. The first-order chi connectivity index (χ1) is 12.8. The van der Waals surface area contributed by atoms with E-state index in [0.717, 1.165) is 12.0 Å². The zero-order valence-corrected chi connectivity index (χ0v) is 16.2. The lowest BCUT2D eigenvalue weighted by Gasteiger charge is -2.61. The lowest BCUT2D eigenvalue weighted by molar-refractivity contribution is -0.156. The summed E-state index contributed by atoms with van der Waals surface area (Å²) in [5.74, 6) is 1.13. The molecule has 3 saturated carbocycles. The van der Waals surface area contributed by atoms with Crippen LogP contribution in [0.15, 0.2) is 24.3 Å². The Morgan fingerprint density at radius 2 is 1.74 bits per heavy atom.